The van der Waals surface area contributed by atoms with Gasteiger partial charge in [-0.25, -0.2) is 10.9 Å². The lowest BCUT2D eigenvalue weighted by Gasteiger charge is -2.27. The Balaban J connectivity index is 2.61. The summed E-state index contributed by atoms with van der Waals surface area (Å²) >= 11 is 1.53. The Labute approximate surface area is 95.5 Å². The molecule has 88 valence electrons. The highest BCUT2D eigenvalue weighted by molar-refractivity contribution is 7.99. The number of rotatable bonds is 5. The number of hydrazine groups is 1. The zero-order chi connectivity index (χ0) is 11.5. The molecule has 1 saturated heterocycles. The normalized spacial score (nSPS) is 26.9. The second-order valence-electron chi connectivity index (χ2n) is 4.00. The zero-order valence-corrected chi connectivity index (χ0v) is 10.6. The van der Waals surface area contributed by atoms with Crippen LogP contribution in [0.5, 0.6) is 0 Å². The molecular formula is C10H20N2O2S. The van der Waals surface area contributed by atoms with Gasteiger partial charge in [0.1, 0.15) is 0 Å². The standard InChI is InChI=1S/C10H20N2O2S/c1-5-10(3,6-2)7(13)8-11-12-9(14-8)15-4/h8-9,11-12H,5-6H2,1-4H3. The van der Waals surface area contributed by atoms with Crippen LogP contribution in [0.1, 0.15) is 33.6 Å². The van der Waals surface area contributed by atoms with Crippen molar-refractivity contribution >= 4 is 17.5 Å². The number of nitrogens with one attached hydrogen (secondary N) is 2. The molecule has 0 spiro atoms. The van der Waals surface area contributed by atoms with E-state index in [0.717, 1.165) is 12.8 Å². The highest BCUT2D eigenvalue weighted by Crippen LogP contribution is 2.29. The molecule has 1 heterocycles. The van der Waals surface area contributed by atoms with Crippen molar-refractivity contribution in [3.05, 3.63) is 0 Å². The minimum Gasteiger partial charge on any atom is -0.326 e. The fourth-order valence-electron chi connectivity index (χ4n) is 1.49. The second-order valence-corrected chi connectivity index (χ2v) is 4.90. The van der Waals surface area contributed by atoms with E-state index >= 15 is 0 Å². The van der Waals surface area contributed by atoms with E-state index in [4.69, 9.17) is 4.74 Å². The Bertz CT molecular complexity index is 231. The van der Waals surface area contributed by atoms with Crippen LogP contribution in [-0.2, 0) is 9.53 Å². The van der Waals surface area contributed by atoms with Crippen molar-refractivity contribution in [3.63, 3.8) is 0 Å². The van der Waals surface area contributed by atoms with Gasteiger partial charge in [-0.15, -0.1) is 11.8 Å². The lowest BCUT2D eigenvalue weighted by Crippen LogP contribution is -2.44. The van der Waals surface area contributed by atoms with Crippen molar-refractivity contribution in [2.45, 2.75) is 45.4 Å². The molecule has 2 N–H and O–H groups in total. The van der Waals surface area contributed by atoms with Crippen LogP contribution in [0.2, 0.25) is 0 Å². The van der Waals surface area contributed by atoms with Gasteiger partial charge < -0.3 is 4.74 Å². The van der Waals surface area contributed by atoms with Crippen molar-refractivity contribution in [2.24, 2.45) is 5.41 Å². The number of Topliss-reactive ketones (excluding diaryl/α,β-unsaturated/α-hetero) is 1. The molecule has 0 aromatic heterocycles. The molecule has 1 fully saturated rings. The van der Waals surface area contributed by atoms with Crippen molar-refractivity contribution < 1.29 is 9.53 Å². The fourth-order valence-corrected chi connectivity index (χ4v) is 1.90. The lowest BCUT2D eigenvalue weighted by atomic mass is 9.80. The Hall–Kier alpha value is -0.100. The fraction of sp³-hybridized carbons (Fsp3) is 0.900. The van der Waals surface area contributed by atoms with E-state index < -0.39 is 6.23 Å². The molecule has 0 aromatic carbocycles. The topological polar surface area (TPSA) is 50.4 Å². The molecular weight excluding hydrogens is 212 g/mol. The van der Waals surface area contributed by atoms with E-state index in [9.17, 15) is 4.79 Å². The van der Waals surface area contributed by atoms with Gasteiger partial charge in [0.15, 0.2) is 17.6 Å². The Morgan fingerprint density at radius 3 is 2.40 bits per heavy atom. The van der Waals surface area contributed by atoms with Crippen LogP contribution in [0.25, 0.3) is 0 Å². The molecule has 2 unspecified atom stereocenters. The van der Waals surface area contributed by atoms with Crippen LogP contribution >= 0.6 is 11.8 Å². The number of hydrogen-bond donors (Lipinski definition) is 2. The summed E-state index contributed by atoms with van der Waals surface area (Å²) in [6.45, 7) is 6.07. The molecule has 0 saturated carbocycles. The minimum atomic E-state index is -0.507. The zero-order valence-electron chi connectivity index (χ0n) is 9.79. The third-order valence-corrected chi connectivity index (χ3v) is 3.86. The quantitative estimate of drug-likeness (QED) is 0.752. The number of carbonyl (C=O) groups excluding carboxylic acids is 1. The molecule has 1 rings (SSSR count). The van der Waals surface area contributed by atoms with E-state index in [1.807, 2.05) is 27.0 Å². The molecule has 2 atom stereocenters. The first kappa shape index (κ1) is 13.0. The van der Waals surface area contributed by atoms with Crippen LogP contribution in [-0.4, -0.2) is 23.8 Å². The summed E-state index contributed by atoms with van der Waals surface area (Å²) < 4.78 is 5.51. The number of thioether (sulfide) groups is 1. The molecule has 0 aliphatic carbocycles. The Morgan fingerprint density at radius 1 is 1.40 bits per heavy atom. The van der Waals surface area contributed by atoms with Gasteiger partial charge in [0, 0.05) is 5.41 Å². The van der Waals surface area contributed by atoms with Gasteiger partial charge in [-0.3, -0.25) is 4.79 Å². The van der Waals surface area contributed by atoms with Crippen molar-refractivity contribution in [1.29, 1.82) is 0 Å². The van der Waals surface area contributed by atoms with Gasteiger partial charge in [0.25, 0.3) is 0 Å². The molecule has 0 bridgehead atoms. The van der Waals surface area contributed by atoms with Crippen molar-refractivity contribution in [1.82, 2.24) is 10.9 Å². The summed E-state index contributed by atoms with van der Waals surface area (Å²) in [6.07, 6.45) is 3.11. The van der Waals surface area contributed by atoms with E-state index in [1.54, 1.807) is 0 Å². The monoisotopic (exact) mass is 232 g/mol. The number of ketones is 1. The molecule has 4 nitrogen and oxygen atoms in total. The van der Waals surface area contributed by atoms with Crippen LogP contribution in [0.4, 0.5) is 0 Å². The van der Waals surface area contributed by atoms with E-state index in [1.165, 1.54) is 11.8 Å². The molecule has 0 radical (unpaired) electrons. The average molecular weight is 232 g/mol. The lowest BCUT2D eigenvalue weighted by molar-refractivity contribution is -0.139. The van der Waals surface area contributed by atoms with Gasteiger partial charge in [0.05, 0.1) is 0 Å². The molecule has 5 heteroatoms. The Morgan fingerprint density at radius 2 is 2.00 bits per heavy atom. The predicted molar refractivity (Wildman–Crippen MR) is 62.1 cm³/mol. The smallest absolute Gasteiger partial charge is 0.183 e. The maximum Gasteiger partial charge on any atom is 0.183 e. The maximum absolute atomic E-state index is 12.2. The summed E-state index contributed by atoms with van der Waals surface area (Å²) in [4.78, 5) is 12.2. The molecule has 1 aliphatic rings. The third kappa shape index (κ3) is 2.72. The van der Waals surface area contributed by atoms with E-state index in [-0.39, 0.29) is 16.8 Å². The first-order valence-electron chi connectivity index (χ1n) is 5.31. The average Bonchev–Trinajstić information content (AvgIpc) is 2.75. The first-order valence-corrected chi connectivity index (χ1v) is 6.59. The Kier molecular flexibility index (Phi) is 4.58. The van der Waals surface area contributed by atoms with Crippen molar-refractivity contribution in [2.75, 3.05) is 6.26 Å². The number of carbonyl (C=O) groups is 1. The van der Waals surface area contributed by atoms with E-state index in [0.29, 0.717) is 0 Å². The predicted octanol–water partition coefficient (Wildman–Crippen LogP) is 1.48. The number of ether oxygens (including phenoxy) is 1. The van der Waals surface area contributed by atoms with Gasteiger partial charge in [0.2, 0.25) is 0 Å². The largest absolute Gasteiger partial charge is 0.326 e. The van der Waals surface area contributed by atoms with Crippen LogP contribution in [0.3, 0.4) is 0 Å². The first-order chi connectivity index (χ1) is 7.07. The van der Waals surface area contributed by atoms with Crippen LogP contribution < -0.4 is 10.9 Å². The van der Waals surface area contributed by atoms with Crippen molar-refractivity contribution in [3.8, 4) is 0 Å². The minimum absolute atomic E-state index is 0.128. The second kappa shape index (κ2) is 5.30. The molecule has 0 aromatic rings. The summed E-state index contributed by atoms with van der Waals surface area (Å²) in [6, 6.07) is 0. The summed E-state index contributed by atoms with van der Waals surface area (Å²) in [5.41, 5.74) is 5.40. The summed E-state index contributed by atoms with van der Waals surface area (Å²) in [5, 5.41) is 0. The maximum atomic E-state index is 12.2. The molecule has 15 heavy (non-hydrogen) atoms. The van der Waals surface area contributed by atoms with Crippen LogP contribution in [0.15, 0.2) is 0 Å². The highest BCUT2D eigenvalue weighted by Gasteiger charge is 2.39. The SMILES string of the molecule is CCC(C)(CC)C(=O)C1NNC(SC)O1. The van der Waals surface area contributed by atoms with Crippen LogP contribution in [0, 0.1) is 5.41 Å². The summed E-state index contributed by atoms with van der Waals surface area (Å²) in [7, 11) is 0. The highest BCUT2D eigenvalue weighted by atomic mass is 32.2. The van der Waals surface area contributed by atoms with Gasteiger partial charge in [-0.2, -0.15) is 0 Å². The van der Waals surface area contributed by atoms with Gasteiger partial charge >= 0.3 is 0 Å². The van der Waals surface area contributed by atoms with Gasteiger partial charge in [-0.05, 0) is 19.1 Å². The number of hydrogen-bond acceptors (Lipinski definition) is 5. The molecule has 1 aliphatic heterocycles. The van der Waals surface area contributed by atoms with E-state index in [2.05, 4.69) is 10.9 Å². The summed E-state index contributed by atoms with van der Waals surface area (Å²) in [5.74, 6) is 0.136. The molecule has 0 amide bonds. The third-order valence-electron chi connectivity index (χ3n) is 3.20. The van der Waals surface area contributed by atoms with Gasteiger partial charge in [-0.1, -0.05) is 20.8 Å².